The second-order valence-corrected chi connectivity index (χ2v) is 4.30. The molecule has 0 fully saturated rings. The minimum absolute atomic E-state index is 0.135. The molecule has 0 amide bonds. The second kappa shape index (κ2) is 6.71. The molecule has 0 bridgehead atoms. The number of hydrogen-bond donors (Lipinski definition) is 0. The summed E-state index contributed by atoms with van der Waals surface area (Å²) >= 11 is 2.85. The molecule has 11 heteroatoms. The van der Waals surface area contributed by atoms with Crippen molar-refractivity contribution in [2.75, 3.05) is 6.61 Å². The van der Waals surface area contributed by atoms with Gasteiger partial charge in [0, 0.05) is 5.33 Å². The van der Waals surface area contributed by atoms with Gasteiger partial charge in [0.25, 0.3) is 0 Å². The van der Waals surface area contributed by atoms with Gasteiger partial charge in [0.2, 0.25) is 0 Å². The van der Waals surface area contributed by atoms with Crippen molar-refractivity contribution in [3.05, 3.63) is 23.0 Å². The molecule has 0 aliphatic rings. The zero-order chi connectivity index (χ0) is 17.1. The van der Waals surface area contributed by atoms with E-state index >= 15 is 0 Å². The van der Waals surface area contributed by atoms with Gasteiger partial charge in [-0.3, -0.25) is 0 Å². The molecule has 0 atom stereocenters. The van der Waals surface area contributed by atoms with Crippen LogP contribution in [-0.4, -0.2) is 23.9 Å². The normalized spacial score (nSPS) is 12.2. The van der Waals surface area contributed by atoms with Gasteiger partial charge in [-0.15, -0.1) is 13.2 Å². The summed E-state index contributed by atoms with van der Waals surface area (Å²) in [5.41, 5.74) is -2.93. The third-order valence-electron chi connectivity index (χ3n) is 2.17. The fourth-order valence-corrected chi connectivity index (χ4v) is 1.84. The van der Waals surface area contributed by atoms with Gasteiger partial charge in [-0.05, 0) is 18.6 Å². The average Bonchev–Trinajstić information content (AvgIpc) is 2.35. The van der Waals surface area contributed by atoms with Gasteiger partial charge in [0.05, 0.1) is 6.61 Å². The zero-order valence-corrected chi connectivity index (χ0v) is 12.4. The standard InChI is InChI=1S/C11H8BrF6NO3/c1-2-21-9(20)7-5(4-12)3-6(22-11(16,17)18)8(19-7)10(13,14)15/h3H,2,4H2,1H3. The Balaban J connectivity index is 3.49. The number of halogens is 7. The van der Waals surface area contributed by atoms with Gasteiger partial charge in [-0.2, -0.15) is 13.2 Å². The Morgan fingerprint density at radius 1 is 1.27 bits per heavy atom. The summed E-state index contributed by atoms with van der Waals surface area (Å²) in [5.74, 6) is -2.72. The van der Waals surface area contributed by atoms with Crippen LogP contribution >= 0.6 is 15.9 Å². The average molecular weight is 396 g/mol. The first kappa shape index (κ1) is 18.5. The maximum Gasteiger partial charge on any atom is 0.573 e. The Bertz CT molecular complexity index is 558. The number of nitrogens with zero attached hydrogens (tertiary/aromatic N) is 1. The van der Waals surface area contributed by atoms with Crippen molar-refractivity contribution in [2.24, 2.45) is 0 Å². The first-order valence-corrected chi connectivity index (χ1v) is 6.71. The Labute approximate surface area is 128 Å². The van der Waals surface area contributed by atoms with Crippen LogP contribution in [-0.2, 0) is 16.2 Å². The summed E-state index contributed by atoms with van der Waals surface area (Å²) in [4.78, 5) is 14.5. The largest absolute Gasteiger partial charge is 0.573 e. The number of carbonyl (C=O) groups is 1. The van der Waals surface area contributed by atoms with E-state index in [0.29, 0.717) is 6.07 Å². The minimum Gasteiger partial charge on any atom is -0.461 e. The number of carbonyl (C=O) groups excluding carboxylic acids is 1. The van der Waals surface area contributed by atoms with E-state index in [9.17, 15) is 31.1 Å². The minimum atomic E-state index is -5.34. The first-order valence-electron chi connectivity index (χ1n) is 5.59. The van der Waals surface area contributed by atoms with E-state index in [2.05, 4.69) is 30.4 Å². The molecular formula is C11H8BrF6NO3. The van der Waals surface area contributed by atoms with Crippen molar-refractivity contribution in [1.82, 2.24) is 4.98 Å². The second-order valence-electron chi connectivity index (χ2n) is 3.74. The summed E-state index contributed by atoms with van der Waals surface area (Å²) in [6, 6.07) is 0.449. The van der Waals surface area contributed by atoms with Crippen LogP contribution in [0, 0.1) is 0 Å². The molecular weight excluding hydrogens is 388 g/mol. The van der Waals surface area contributed by atoms with Gasteiger partial charge >= 0.3 is 18.5 Å². The lowest BCUT2D eigenvalue weighted by Gasteiger charge is -2.17. The van der Waals surface area contributed by atoms with Crippen LogP contribution < -0.4 is 4.74 Å². The van der Waals surface area contributed by atoms with E-state index < -0.39 is 35.6 Å². The Hall–Kier alpha value is -1.52. The third-order valence-corrected chi connectivity index (χ3v) is 2.78. The quantitative estimate of drug-likeness (QED) is 0.438. The number of alkyl halides is 7. The van der Waals surface area contributed by atoms with E-state index in [0.717, 1.165) is 0 Å². The van der Waals surface area contributed by atoms with Gasteiger partial charge < -0.3 is 9.47 Å². The maximum atomic E-state index is 12.8. The molecule has 0 saturated carbocycles. The highest BCUT2D eigenvalue weighted by molar-refractivity contribution is 9.08. The van der Waals surface area contributed by atoms with E-state index in [-0.39, 0.29) is 17.5 Å². The van der Waals surface area contributed by atoms with Crippen LogP contribution in [0.15, 0.2) is 6.07 Å². The summed E-state index contributed by atoms with van der Waals surface area (Å²) in [6.45, 7) is 1.28. The van der Waals surface area contributed by atoms with Gasteiger partial charge in [0.15, 0.2) is 17.1 Å². The molecule has 124 valence electrons. The highest BCUT2D eigenvalue weighted by atomic mass is 79.9. The van der Waals surface area contributed by atoms with Crippen LogP contribution in [0.4, 0.5) is 26.3 Å². The Morgan fingerprint density at radius 3 is 2.27 bits per heavy atom. The summed E-state index contributed by atoms with van der Waals surface area (Å²) in [5, 5.41) is -0.222. The predicted octanol–water partition coefficient (Wildman–Crippen LogP) is 4.07. The lowest BCUT2D eigenvalue weighted by Crippen LogP contribution is -2.23. The van der Waals surface area contributed by atoms with Gasteiger partial charge in [0.1, 0.15) is 0 Å². The van der Waals surface area contributed by atoms with Crippen LogP contribution in [0.3, 0.4) is 0 Å². The number of hydrogen-bond acceptors (Lipinski definition) is 4. The molecule has 1 rings (SSSR count). The molecule has 22 heavy (non-hydrogen) atoms. The van der Waals surface area contributed by atoms with E-state index in [1.807, 2.05) is 0 Å². The van der Waals surface area contributed by atoms with Crippen LogP contribution in [0.25, 0.3) is 0 Å². The van der Waals surface area contributed by atoms with Crippen molar-refractivity contribution >= 4 is 21.9 Å². The number of ether oxygens (including phenoxy) is 2. The predicted molar refractivity (Wildman–Crippen MR) is 64.5 cm³/mol. The van der Waals surface area contributed by atoms with Crippen molar-refractivity contribution in [2.45, 2.75) is 24.8 Å². The van der Waals surface area contributed by atoms with Crippen molar-refractivity contribution in [3.8, 4) is 5.75 Å². The molecule has 1 aromatic rings. The molecule has 0 unspecified atom stereocenters. The third kappa shape index (κ3) is 4.75. The SMILES string of the molecule is CCOC(=O)c1nc(C(F)(F)F)c(OC(F)(F)F)cc1CBr. The monoisotopic (exact) mass is 395 g/mol. The molecule has 4 nitrogen and oxygen atoms in total. The summed E-state index contributed by atoms with van der Waals surface area (Å²) in [7, 11) is 0. The lowest BCUT2D eigenvalue weighted by molar-refractivity contribution is -0.276. The van der Waals surface area contributed by atoms with Crippen LogP contribution in [0.5, 0.6) is 5.75 Å². The van der Waals surface area contributed by atoms with Crippen molar-refractivity contribution < 1.29 is 40.6 Å². The molecule has 1 aromatic heterocycles. The van der Waals surface area contributed by atoms with Crippen molar-refractivity contribution in [3.63, 3.8) is 0 Å². The van der Waals surface area contributed by atoms with Crippen LogP contribution in [0.2, 0.25) is 0 Å². The number of rotatable bonds is 4. The topological polar surface area (TPSA) is 48.4 Å². The molecule has 0 saturated heterocycles. The van der Waals surface area contributed by atoms with Crippen LogP contribution in [0.1, 0.15) is 28.7 Å². The summed E-state index contributed by atoms with van der Waals surface area (Å²) < 4.78 is 82.9. The molecule has 0 spiro atoms. The Kier molecular flexibility index (Phi) is 5.65. The smallest absolute Gasteiger partial charge is 0.461 e. The maximum absolute atomic E-state index is 12.8. The molecule has 0 aromatic carbocycles. The van der Waals surface area contributed by atoms with Gasteiger partial charge in [-0.1, -0.05) is 15.9 Å². The number of pyridine rings is 1. The highest BCUT2D eigenvalue weighted by Gasteiger charge is 2.42. The van der Waals surface area contributed by atoms with E-state index in [1.165, 1.54) is 6.92 Å². The van der Waals surface area contributed by atoms with E-state index in [1.54, 1.807) is 0 Å². The first-order chi connectivity index (χ1) is 9.99. The highest BCUT2D eigenvalue weighted by Crippen LogP contribution is 2.38. The fourth-order valence-electron chi connectivity index (χ4n) is 1.42. The molecule has 1 heterocycles. The molecule has 0 N–H and O–H groups in total. The van der Waals surface area contributed by atoms with Crippen molar-refractivity contribution in [1.29, 1.82) is 0 Å². The lowest BCUT2D eigenvalue weighted by atomic mass is 10.1. The molecule has 0 radical (unpaired) electrons. The number of aromatic nitrogens is 1. The summed E-state index contributed by atoms with van der Waals surface area (Å²) in [6.07, 6.45) is -10.6. The number of esters is 1. The van der Waals surface area contributed by atoms with E-state index in [4.69, 9.17) is 0 Å². The fraction of sp³-hybridized carbons (Fsp3) is 0.455. The van der Waals surface area contributed by atoms with Gasteiger partial charge in [-0.25, -0.2) is 9.78 Å². The Morgan fingerprint density at radius 2 is 1.86 bits per heavy atom. The zero-order valence-electron chi connectivity index (χ0n) is 10.8. The molecule has 0 aliphatic heterocycles. The molecule has 0 aliphatic carbocycles.